The van der Waals surface area contributed by atoms with Gasteiger partial charge in [-0.2, -0.15) is 0 Å². The summed E-state index contributed by atoms with van der Waals surface area (Å²) in [5, 5.41) is 5.08. The van der Waals surface area contributed by atoms with Gasteiger partial charge in [-0.3, -0.25) is 9.69 Å². The molecule has 2 atom stereocenters. The average molecular weight is 289 g/mol. The molecule has 0 aromatic carbocycles. The van der Waals surface area contributed by atoms with Gasteiger partial charge in [0.1, 0.15) is 0 Å². The van der Waals surface area contributed by atoms with Gasteiger partial charge in [-0.05, 0) is 30.8 Å². The summed E-state index contributed by atoms with van der Waals surface area (Å²) in [6.07, 6.45) is 2.13. The topological polar surface area (TPSA) is 58.4 Å². The quantitative estimate of drug-likeness (QED) is 0.791. The SMILES string of the molecule is NCC#Cc1ccsc1CN1CCCC2C(=O)NCC21. The van der Waals surface area contributed by atoms with Gasteiger partial charge in [0.05, 0.1) is 12.5 Å². The van der Waals surface area contributed by atoms with Crippen molar-refractivity contribution >= 4 is 17.2 Å². The van der Waals surface area contributed by atoms with Crippen LogP contribution in [-0.4, -0.2) is 36.5 Å². The van der Waals surface area contributed by atoms with Gasteiger partial charge in [0, 0.05) is 29.6 Å². The Morgan fingerprint density at radius 2 is 2.45 bits per heavy atom. The number of hydrogen-bond donors (Lipinski definition) is 2. The summed E-state index contributed by atoms with van der Waals surface area (Å²) in [4.78, 5) is 15.5. The Morgan fingerprint density at radius 3 is 3.30 bits per heavy atom. The molecule has 0 spiro atoms. The molecule has 3 rings (SSSR count). The third-order valence-corrected chi connectivity index (χ3v) is 5.04. The summed E-state index contributed by atoms with van der Waals surface area (Å²) < 4.78 is 0. The maximum Gasteiger partial charge on any atom is 0.224 e. The van der Waals surface area contributed by atoms with Crippen LogP contribution in [0.25, 0.3) is 0 Å². The van der Waals surface area contributed by atoms with E-state index in [0.29, 0.717) is 12.6 Å². The summed E-state index contributed by atoms with van der Waals surface area (Å²) in [6.45, 7) is 3.14. The summed E-state index contributed by atoms with van der Waals surface area (Å²) in [6, 6.07) is 2.41. The van der Waals surface area contributed by atoms with Crippen LogP contribution in [0.3, 0.4) is 0 Å². The summed E-state index contributed by atoms with van der Waals surface area (Å²) in [7, 11) is 0. The maximum absolute atomic E-state index is 11.8. The van der Waals surface area contributed by atoms with Gasteiger partial charge in [-0.25, -0.2) is 0 Å². The van der Waals surface area contributed by atoms with Crippen molar-refractivity contribution in [1.82, 2.24) is 10.2 Å². The number of nitrogens with zero attached hydrogens (tertiary/aromatic N) is 1. The molecule has 106 valence electrons. The van der Waals surface area contributed by atoms with Crippen molar-refractivity contribution in [2.75, 3.05) is 19.6 Å². The van der Waals surface area contributed by atoms with Crippen LogP contribution < -0.4 is 11.1 Å². The molecule has 1 amide bonds. The van der Waals surface area contributed by atoms with Gasteiger partial charge in [-0.1, -0.05) is 11.8 Å². The monoisotopic (exact) mass is 289 g/mol. The second kappa shape index (κ2) is 5.96. The number of thiophene rings is 1. The third kappa shape index (κ3) is 2.59. The molecule has 0 radical (unpaired) electrons. The number of piperidine rings is 1. The fourth-order valence-corrected chi connectivity index (χ4v) is 4.00. The van der Waals surface area contributed by atoms with Gasteiger partial charge in [0.25, 0.3) is 0 Å². The Bertz CT molecular complexity index is 557. The smallest absolute Gasteiger partial charge is 0.224 e. The minimum atomic E-state index is 0.183. The van der Waals surface area contributed by atoms with Crippen molar-refractivity contribution < 1.29 is 4.79 Å². The molecule has 1 aromatic heterocycles. The van der Waals surface area contributed by atoms with E-state index in [-0.39, 0.29) is 11.8 Å². The van der Waals surface area contributed by atoms with E-state index in [1.165, 1.54) is 4.88 Å². The maximum atomic E-state index is 11.8. The van der Waals surface area contributed by atoms with Crippen molar-refractivity contribution in [2.24, 2.45) is 11.7 Å². The van der Waals surface area contributed by atoms with E-state index in [0.717, 1.165) is 38.0 Å². The highest BCUT2D eigenvalue weighted by molar-refractivity contribution is 7.10. The lowest BCUT2D eigenvalue weighted by atomic mass is 9.91. The summed E-state index contributed by atoms with van der Waals surface area (Å²) in [5.41, 5.74) is 6.52. The molecule has 0 aliphatic carbocycles. The number of likely N-dealkylation sites (tertiary alicyclic amines) is 1. The summed E-state index contributed by atoms with van der Waals surface area (Å²) >= 11 is 1.74. The first kappa shape index (κ1) is 13.6. The standard InChI is InChI=1S/C15H19N3OS/c16-6-1-3-11-5-8-20-14(11)10-18-7-2-4-12-13(18)9-17-15(12)19/h5,8,12-13H,2,4,6-7,9-10,16H2,(H,17,19). The Labute approximate surface area is 123 Å². The highest BCUT2D eigenvalue weighted by Crippen LogP contribution is 2.30. The molecule has 3 N–H and O–H groups in total. The Hall–Kier alpha value is -1.35. The predicted molar refractivity (Wildman–Crippen MR) is 80.2 cm³/mol. The van der Waals surface area contributed by atoms with Gasteiger partial charge < -0.3 is 11.1 Å². The number of hydrogen-bond acceptors (Lipinski definition) is 4. The number of fused-ring (bicyclic) bond motifs is 1. The molecule has 2 aliphatic heterocycles. The zero-order valence-corrected chi connectivity index (χ0v) is 12.2. The molecule has 1 aromatic rings. The van der Waals surface area contributed by atoms with Crippen LogP contribution in [0.5, 0.6) is 0 Å². The highest BCUT2D eigenvalue weighted by atomic mass is 32.1. The van der Waals surface area contributed by atoms with Crippen LogP contribution in [0.2, 0.25) is 0 Å². The number of nitrogens with two attached hydrogens (primary N) is 1. The van der Waals surface area contributed by atoms with Crippen LogP contribution in [-0.2, 0) is 11.3 Å². The van der Waals surface area contributed by atoms with Crippen molar-refractivity contribution in [3.63, 3.8) is 0 Å². The molecule has 5 heteroatoms. The second-order valence-corrected chi connectivity index (χ2v) is 6.30. The third-order valence-electron chi connectivity index (χ3n) is 4.13. The van der Waals surface area contributed by atoms with Gasteiger partial charge in [-0.15, -0.1) is 11.3 Å². The molecule has 2 saturated heterocycles. The lowest BCUT2D eigenvalue weighted by Crippen LogP contribution is -2.44. The van der Waals surface area contributed by atoms with Crippen LogP contribution in [0.1, 0.15) is 23.3 Å². The first-order valence-electron chi connectivity index (χ1n) is 7.06. The largest absolute Gasteiger partial charge is 0.354 e. The Morgan fingerprint density at radius 1 is 1.55 bits per heavy atom. The van der Waals surface area contributed by atoms with E-state index in [1.54, 1.807) is 11.3 Å². The van der Waals surface area contributed by atoms with Crippen LogP contribution in [0.15, 0.2) is 11.4 Å². The molecule has 20 heavy (non-hydrogen) atoms. The lowest BCUT2D eigenvalue weighted by Gasteiger charge is -2.35. The van der Waals surface area contributed by atoms with Crippen LogP contribution >= 0.6 is 11.3 Å². The fourth-order valence-electron chi connectivity index (χ4n) is 3.14. The Balaban J connectivity index is 1.74. The van der Waals surface area contributed by atoms with Crippen molar-refractivity contribution in [3.05, 3.63) is 21.9 Å². The number of carbonyl (C=O) groups excluding carboxylic acids is 1. The van der Waals surface area contributed by atoms with Crippen molar-refractivity contribution in [2.45, 2.75) is 25.4 Å². The first-order valence-corrected chi connectivity index (χ1v) is 7.94. The van der Waals surface area contributed by atoms with Crippen LogP contribution in [0, 0.1) is 17.8 Å². The first-order chi connectivity index (χ1) is 9.79. The van der Waals surface area contributed by atoms with E-state index in [9.17, 15) is 4.79 Å². The van der Waals surface area contributed by atoms with Gasteiger partial charge in [0.2, 0.25) is 5.91 Å². The molecule has 3 heterocycles. The van der Waals surface area contributed by atoms with E-state index >= 15 is 0 Å². The molecule has 4 nitrogen and oxygen atoms in total. The molecule has 0 saturated carbocycles. The fraction of sp³-hybridized carbons (Fsp3) is 0.533. The predicted octanol–water partition coefficient (Wildman–Crippen LogP) is 0.769. The van der Waals surface area contributed by atoms with Crippen molar-refractivity contribution in [1.29, 1.82) is 0 Å². The van der Waals surface area contributed by atoms with E-state index in [2.05, 4.69) is 33.5 Å². The highest BCUT2D eigenvalue weighted by Gasteiger charge is 2.40. The Kier molecular flexibility index (Phi) is 4.06. The minimum Gasteiger partial charge on any atom is -0.354 e. The second-order valence-electron chi connectivity index (χ2n) is 5.30. The number of carbonyl (C=O) groups is 1. The molecular formula is C15H19N3OS. The van der Waals surface area contributed by atoms with Gasteiger partial charge >= 0.3 is 0 Å². The van der Waals surface area contributed by atoms with Crippen molar-refractivity contribution in [3.8, 4) is 11.8 Å². The molecule has 0 bridgehead atoms. The normalized spacial score (nSPS) is 25.8. The molecule has 2 fully saturated rings. The molecule has 2 unspecified atom stereocenters. The number of amides is 1. The number of nitrogens with one attached hydrogen (secondary N) is 1. The minimum absolute atomic E-state index is 0.183. The van der Waals surface area contributed by atoms with Gasteiger partial charge in [0.15, 0.2) is 0 Å². The lowest BCUT2D eigenvalue weighted by molar-refractivity contribution is -0.124. The van der Waals surface area contributed by atoms with Crippen LogP contribution in [0.4, 0.5) is 0 Å². The molecule has 2 aliphatic rings. The number of rotatable bonds is 2. The molecular weight excluding hydrogens is 270 g/mol. The van der Waals surface area contributed by atoms with E-state index in [4.69, 9.17) is 5.73 Å². The van der Waals surface area contributed by atoms with E-state index in [1.807, 2.05) is 0 Å². The zero-order valence-electron chi connectivity index (χ0n) is 11.4. The zero-order chi connectivity index (χ0) is 13.9. The summed E-state index contributed by atoms with van der Waals surface area (Å²) in [5.74, 6) is 6.47. The van der Waals surface area contributed by atoms with E-state index < -0.39 is 0 Å². The average Bonchev–Trinajstić information content (AvgIpc) is 3.05.